The lowest BCUT2D eigenvalue weighted by atomic mass is 10.1. The van der Waals surface area contributed by atoms with Crippen LogP contribution in [-0.4, -0.2) is 63.9 Å². The van der Waals surface area contributed by atoms with Gasteiger partial charge in [0.2, 0.25) is 0 Å². The highest BCUT2D eigenvalue weighted by Crippen LogP contribution is 2.32. The van der Waals surface area contributed by atoms with E-state index in [9.17, 15) is 9.90 Å². The summed E-state index contributed by atoms with van der Waals surface area (Å²) in [6.45, 7) is 10.5. The molecule has 3 aromatic rings. The summed E-state index contributed by atoms with van der Waals surface area (Å²) in [6, 6.07) is 9.83. The highest BCUT2D eigenvalue weighted by molar-refractivity contribution is 6.03. The zero-order valence-corrected chi connectivity index (χ0v) is 19.2. The normalized spacial score (nSPS) is 16.5. The molecule has 5 rings (SSSR count). The molecule has 0 unspecified atom stereocenters. The standard InChI is InChI=1S/C25H31N5O3/c1-16(2)12-26-24-20-10-21(23(31)11-22(20)27-28-24)25(32)30-14-18-4-3-17(9-19(18)15-30)13-29-5-7-33-8-6-29/h3-4,9-11,16,31H,5-8,12-15H2,1-2H3,(H2,26,27,28). The van der Waals surface area contributed by atoms with E-state index in [4.69, 9.17) is 4.74 Å². The Kier molecular flexibility index (Phi) is 5.95. The van der Waals surface area contributed by atoms with Crippen molar-refractivity contribution in [1.29, 1.82) is 0 Å². The van der Waals surface area contributed by atoms with Crippen molar-refractivity contribution in [3.8, 4) is 5.75 Å². The highest BCUT2D eigenvalue weighted by Gasteiger charge is 2.27. The molecule has 0 saturated carbocycles. The van der Waals surface area contributed by atoms with Crippen LogP contribution in [0.1, 0.15) is 40.9 Å². The highest BCUT2D eigenvalue weighted by atomic mass is 16.5. The number of aromatic hydroxyl groups is 1. The van der Waals surface area contributed by atoms with Crippen LogP contribution in [-0.2, 0) is 24.4 Å². The van der Waals surface area contributed by atoms with E-state index < -0.39 is 0 Å². The van der Waals surface area contributed by atoms with E-state index in [0.29, 0.717) is 35.9 Å². The number of hydrogen-bond acceptors (Lipinski definition) is 6. The molecular formula is C25H31N5O3. The Morgan fingerprint density at radius 3 is 2.76 bits per heavy atom. The van der Waals surface area contributed by atoms with Gasteiger partial charge in [0.05, 0.1) is 24.3 Å². The van der Waals surface area contributed by atoms with Gasteiger partial charge in [-0.2, -0.15) is 5.10 Å². The fourth-order valence-corrected chi connectivity index (χ4v) is 4.54. The van der Waals surface area contributed by atoms with Gasteiger partial charge in [-0.1, -0.05) is 32.0 Å². The van der Waals surface area contributed by atoms with Gasteiger partial charge in [-0.25, -0.2) is 0 Å². The van der Waals surface area contributed by atoms with Crippen molar-refractivity contribution >= 4 is 22.6 Å². The molecule has 0 aliphatic carbocycles. The number of nitrogens with one attached hydrogen (secondary N) is 2. The predicted molar refractivity (Wildman–Crippen MR) is 127 cm³/mol. The van der Waals surface area contributed by atoms with Crippen LogP contribution >= 0.6 is 0 Å². The number of H-pyrrole nitrogens is 1. The number of carbonyl (C=O) groups excluding carboxylic acids is 1. The van der Waals surface area contributed by atoms with Crippen molar-refractivity contribution in [3.63, 3.8) is 0 Å². The van der Waals surface area contributed by atoms with Gasteiger partial charge in [-0.05, 0) is 28.7 Å². The smallest absolute Gasteiger partial charge is 0.258 e. The van der Waals surface area contributed by atoms with Crippen molar-refractivity contribution in [3.05, 3.63) is 52.6 Å². The number of morpholine rings is 1. The van der Waals surface area contributed by atoms with Crippen LogP contribution in [0.3, 0.4) is 0 Å². The summed E-state index contributed by atoms with van der Waals surface area (Å²) in [6.07, 6.45) is 0. The molecule has 1 fully saturated rings. The second-order valence-electron chi connectivity index (χ2n) is 9.41. The molecule has 0 bridgehead atoms. The number of phenolic OH excluding ortho intramolecular Hbond substituents is 1. The van der Waals surface area contributed by atoms with Crippen molar-refractivity contribution in [2.75, 3.05) is 38.2 Å². The van der Waals surface area contributed by atoms with E-state index in [0.717, 1.165) is 50.3 Å². The van der Waals surface area contributed by atoms with Crippen molar-refractivity contribution in [2.45, 2.75) is 33.5 Å². The molecule has 1 amide bonds. The summed E-state index contributed by atoms with van der Waals surface area (Å²) in [4.78, 5) is 17.6. The van der Waals surface area contributed by atoms with Gasteiger partial charge in [-0.15, -0.1) is 0 Å². The van der Waals surface area contributed by atoms with Gasteiger partial charge in [0.15, 0.2) is 5.82 Å². The maximum atomic E-state index is 13.4. The average Bonchev–Trinajstić information content (AvgIpc) is 3.40. The summed E-state index contributed by atoms with van der Waals surface area (Å²) in [5.74, 6) is 0.961. The fourth-order valence-electron chi connectivity index (χ4n) is 4.54. The molecule has 3 heterocycles. The largest absolute Gasteiger partial charge is 0.507 e. The number of ether oxygens (including phenoxy) is 1. The number of fused-ring (bicyclic) bond motifs is 2. The first kappa shape index (κ1) is 21.7. The van der Waals surface area contributed by atoms with Crippen LogP contribution in [0.15, 0.2) is 30.3 Å². The third kappa shape index (κ3) is 4.54. The summed E-state index contributed by atoms with van der Waals surface area (Å²) in [5, 5.41) is 21.9. The Hall–Kier alpha value is -3.10. The number of rotatable bonds is 6. The molecule has 2 aliphatic rings. The molecule has 174 valence electrons. The fraction of sp³-hybridized carbons (Fsp3) is 0.440. The first-order chi connectivity index (χ1) is 16.0. The van der Waals surface area contributed by atoms with Gasteiger partial charge < -0.3 is 20.1 Å². The number of hydrogen-bond donors (Lipinski definition) is 3. The lowest BCUT2D eigenvalue weighted by Gasteiger charge is -2.26. The number of phenols is 1. The molecule has 1 saturated heterocycles. The Labute approximate surface area is 193 Å². The van der Waals surface area contributed by atoms with Crippen LogP contribution in [0.4, 0.5) is 5.82 Å². The summed E-state index contributed by atoms with van der Waals surface area (Å²) in [7, 11) is 0. The monoisotopic (exact) mass is 449 g/mol. The van der Waals surface area contributed by atoms with E-state index in [2.05, 4.69) is 52.5 Å². The van der Waals surface area contributed by atoms with E-state index in [1.165, 1.54) is 11.1 Å². The average molecular weight is 450 g/mol. The van der Waals surface area contributed by atoms with Crippen LogP contribution < -0.4 is 5.32 Å². The van der Waals surface area contributed by atoms with Crippen LogP contribution in [0.2, 0.25) is 0 Å². The number of nitrogens with zero attached hydrogens (tertiary/aromatic N) is 3. The lowest BCUT2D eigenvalue weighted by Crippen LogP contribution is -2.35. The summed E-state index contributed by atoms with van der Waals surface area (Å²) < 4.78 is 5.44. The number of benzene rings is 2. The maximum absolute atomic E-state index is 13.4. The van der Waals surface area contributed by atoms with Gasteiger partial charge in [-0.3, -0.25) is 14.8 Å². The minimum absolute atomic E-state index is 0.0319. The molecule has 2 aromatic carbocycles. The third-order valence-electron chi connectivity index (χ3n) is 6.38. The van der Waals surface area contributed by atoms with Crippen molar-refractivity contribution in [1.82, 2.24) is 20.0 Å². The second kappa shape index (κ2) is 9.03. The van der Waals surface area contributed by atoms with Crippen molar-refractivity contribution < 1.29 is 14.6 Å². The minimum atomic E-state index is -0.170. The molecule has 0 spiro atoms. The third-order valence-corrected chi connectivity index (χ3v) is 6.38. The van der Waals surface area contributed by atoms with Gasteiger partial charge >= 0.3 is 0 Å². The minimum Gasteiger partial charge on any atom is -0.507 e. The molecule has 0 atom stereocenters. The van der Waals surface area contributed by atoms with Crippen LogP contribution in [0.5, 0.6) is 5.75 Å². The number of aromatic nitrogens is 2. The molecule has 1 aromatic heterocycles. The molecular weight excluding hydrogens is 418 g/mol. The molecule has 8 heteroatoms. The first-order valence-corrected chi connectivity index (χ1v) is 11.6. The SMILES string of the molecule is CC(C)CNc1n[nH]c2cc(O)c(C(=O)N3Cc4ccc(CN5CCOCC5)cc4C3)cc12. The quantitative estimate of drug-likeness (QED) is 0.535. The molecule has 2 aliphatic heterocycles. The zero-order valence-electron chi connectivity index (χ0n) is 19.2. The molecule has 3 N–H and O–H groups in total. The van der Waals surface area contributed by atoms with Crippen LogP contribution in [0.25, 0.3) is 10.9 Å². The van der Waals surface area contributed by atoms with Crippen LogP contribution in [0, 0.1) is 5.92 Å². The summed E-state index contributed by atoms with van der Waals surface area (Å²) in [5.41, 5.74) is 4.61. The summed E-state index contributed by atoms with van der Waals surface area (Å²) >= 11 is 0. The van der Waals surface area contributed by atoms with Gasteiger partial charge in [0.25, 0.3) is 5.91 Å². The van der Waals surface area contributed by atoms with Gasteiger partial charge in [0, 0.05) is 50.7 Å². The topological polar surface area (TPSA) is 93.7 Å². The molecule has 8 nitrogen and oxygen atoms in total. The molecule has 0 radical (unpaired) electrons. The number of carbonyl (C=O) groups is 1. The molecule has 33 heavy (non-hydrogen) atoms. The zero-order chi connectivity index (χ0) is 22.9. The maximum Gasteiger partial charge on any atom is 0.258 e. The van der Waals surface area contributed by atoms with Gasteiger partial charge in [0.1, 0.15) is 5.75 Å². The lowest BCUT2D eigenvalue weighted by molar-refractivity contribution is 0.0342. The van der Waals surface area contributed by atoms with E-state index >= 15 is 0 Å². The number of aromatic amines is 1. The van der Waals surface area contributed by atoms with Crippen molar-refractivity contribution in [2.24, 2.45) is 5.92 Å². The number of anilines is 1. The Balaban J connectivity index is 1.33. The second-order valence-corrected chi connectivity index (χ2v) is 9.41. The Morgan fingerprint density at radius 1 is 1.18 bits per heavy atom. The number of amides is 1. The Morgan fingerprint density at radius 2 is 1.97 bits per heavy atom. The first-order valence-electron chi connectivity index (χ1n) is 11.6. The Bertz CT molecular complexity index is 1170. The predicted octanol–water partition coefficient (Wildman–Crippen LogP) is 3.32. The van der Waals surface area contributed by atoms with E-state index in [1.807, 2.05) is 0 Å². The van der Waals surface area contributed by atoms with E-state index in [1.54, 1.807) is 17.0 Å². The van der Waals surface area contributed by atoms with E-state index in [-0.39, 0.29) is 11.7 Å².